The van der Waals surface area contributed by atoms with Crippen molar-refractivity contribution in [3.63, 3.8) is 0 Å². The SMILES string of the molecule is CC(C)S(=O)(=O)Nc1nc(Cl)ccc1[N+](=O)[O-]. The highest BCUT2D eigenvalue weighted by atomic mass is 35.5. The zero-order chi connectivity index (χ0) is 13.2. The minimum Gasteiger partial charge on any atom is -0.261 e. The number of halogens is 1. The minimum absolute atomic E-state index is 0.0305. The topological polar surface area (TPSA) is 102 Å². The van der Waals surface area contributed by atoms with Gasteiger partial charge in [0.1, 0.15) is 5.15 Å². The minimum atomic E-state index is -3.70. The lowest BCUT2D eigenvalue weighted by Crippen LogP contribution is -2.23. The zero-order valence-corrected chi connectivity index (χ0v) is 10.6. The average Bonchev–Trinajstić information content (AvgIpc) is 2.15. The molecule has 0 aliphatic carbocycles. The summed E-state index contributed by atoms with van der Waals surface area (Å²) < 4.78 is 25.2. The summed E-state index contributed by atoms with van der Waals surface area (Å²) in [4.78, 5) is 13.5. The fourth-order valence-corrected chi connectivity index (χ4v) is 1.71. The quantitative estimate of drug-likeness (QED) is 0.514. The molecule has 0 aliphatic rings. The Labute approximate surface area is 103 Å². The number of nitrogens with one attached hydrogen (secondary N) is 1. The maximum Gasteiger partial charge on any atom is 0.312 e. The van der Waals surface area contributed by atoms with Gasteiger partial charge < -0.3 is 0 Å². The van der Waals surface area contributed by atoms with Gasteiger partial charge >= 0.3 is 5.69 Å². The van der Waals surface area contributed by atoms with Gasteiger partial charge in [0.15, 0.2) is 0 Å². The molecule has 1 aromatic rings. The molecular formula is C8H10ClN3O4S. The summed E-state index contributed by atoms with van der Waals surface area (Å²) in [5.74, 6) is -0.379. The lowest BCUT2D eigenvalue weighted by atomic mass is 10.4. The summed E-state index contributed by atoms with van der Waals surface area (Å²) in [5.41, 5.74) is -0.446. The fraction of sp³-hybridized carbons (Fsp3) is 0.375. The number of aromatic nitrogens is 1. The van der Waals surface area contributed by atoms with Crippen molar-refractivity contribution in [1.82, 2.24) is 4.98 Å². The summed E-state index contributed by atoms with van der Waals surface area (Å²) in [6.07, 6.45) is 0. The van der Waals surface area contributed by atoms with E-state index in [-0.39, 0.29) is 11.0 Å². The van der Waals surface area contributed by atoms with Crippen LogP contribution < -0.4 is 4.72 Å². The van der Waals surface area contributed by atoms with E-state index >= 15 is 0 Å². The summed E-state index contributed by atoms with van der Waals surface area (Å²) in [5, 5.41) is 9.91. The van der Waals surface area contributed by atoms with E-state index in [2.05, 4.69) is 4.98 Å². The van der Waals surface area contributed by atoms with Crippen molar-refractivity contribution < 1.29 is 13.3 Å². The van der Waals surface area contributed by atoms with Crippen molar-refractivity contribution in [3.8, 4) is 0 Å². The predicted octanol–water partition coefficient (Wildman–Crippen LogP) is 1.79. The molecule has 1 heterocycles. The lowest BCUT2D eigenvalue weighted by Gasteiger charge is -2.10. The molecule has 0 amide bonds. The number of pyridine rings is 1. The highest BCUT2D eigenvalue weighted by molar-refractivity contribution is 7.93. The van der Waals surface area contributed by atoms with E-state index in [1.54, 1.807) is 0 Å². The van der Waals surface area contributed by atoms with Gasteiger partial charge in [-0.05, 0) is 19.9 Å². The predicted molar refractivity (Wildman–Crippen MR) is 63.6 cm³/mol. The Hall–Kier alpha value is -1.41. The van der Waals surface area contributed by atoms with E-state index in [1.807, 2.05) is 4.72 Å². The molecule has 0 unspecified atom stereocenters. The van der Waals surface area contributed by atoms with Crippen molar-refractivity contribution >= 4 is 33.1 Å². The van der Waals surface area contributed by atoms with Gasteiger partial charge in [-0.2, -0.15) is 0 Å². The van der Waals surface area contributed by atoms with Crippen LogP contribution in [0.2, 0.25) is 5.15 Å². The Morgan fingerprint density at radius 3 is 2.53 bits per heavy atom. The van der Waals surface area contributed by atoms with Gasteiger partial charge in [0.2, 0.25) is 15.8 Å². The molecule has 0 radical (unpaired) electrons. The van der Waals surface area contributed by atoms with Crippen molar-refractivity contribution in [1.29, 1.82) is 0 Å². The van der Waals surface area contributed by atoms with Gasteiger partial charge in [0.25, 0.3) is 0 Å². The maximum absolute atomic E-state index is 11.6. The van der Waals surface area contributed by atoms with Crippen LogP contribution in [0.3, 0.4) is 0 Å². The second kappa shape index (κ2) is 4.84. The number of sulfonamides is 1. The number of anilines is 1. The highest BCUT2D eigenvalue weighted by Gasteiger charge is 2.23. The first-order valence-corrected chi connectivity index (χ1v) is 6.49. The van der Waals surface area contributed by atoms with E-state index in [4.69, 9.17) is 11.6 Å². The van der Waals surface area contributed by atoms with Crippen LogP contribution in [-0.4, -0.2) is 23.6 Å². The molecule has 9 heteroatoms. The standard InChI is InChI=1S/C8H10ClN3O4S/c1-5(2)17(15,16)11-8-6(12(13)14)3-4-7(9)10-8/h3-5H,1-2H3,(H,10,11). The van der Waals surface area contributed by atoms with Crippen LogP contribution in [0.25, 0.3) is 0 Å². The van der Waals surface area contributed by atoms with E-state index in [0.29, 0.717) is 0 Å². The second-order valence-electron chi connectivity index (χ2n) is 3.45. The largest absolute Gasteiger partial charge is 0.312 e. The molecule has 0 saturated carbocycles. The Morgan fingerprint density at radius 1 is 1.47 bits per heavy atom. The van der Waals surface area contributed by atoms with Crippen molar-refractivity contribution in [2.24, 2.45) is 0 Å². The average molecular weight is 280 g/mol. The first-order valence-electron chi connectivity index (χ1n) is 4.56. The van der Waals surface area contributed by atoms with E-state index in [9.17, 15) is 18.5 Å². The van der Waals surface area contributed by atoms with Crippen LogP contribution in [0, 0.1) is 10.1 Å². The van der Waals surface area contributed by atoms with Gasteiger partial charge in [-0.25, -0.2) is 13.4 Å². The number of nitrogens with zero attached hydrogens (tertiary/aromatic N) is 2. The Morgan fingerprint density at radius 2 is 2.06 bits per heavy atom. The molecule has 94 valence electrons. The highest BCUT2D eigenvalue weighted by Crippen LogP contribution is 2.25. The van der Waals surface area contributed by atoms with Gasteiger partial charge in [0, 0.05) is 6.07 Å². The van der Waals surface area contributed by atoms with E-state index < -0.39 is 25.9 Å². The molecule has 1 rings (SSSR count). The van der Waals surface area contributed by atoms with Gasteiger partial charge in [-0.15, -0.1) is 0 Å². The monoisotopic (exact) mass is 279 g/mol. The molecule has 0 aromatic carbocycles. The molecule has 7 nitrogen and oxygen atoms in total. The molecule has 1 N–H and O–H groups in total. The smallest absolute Gasteiger partial charge is 0.261 e. The summed E-state index contributed by atoms with van der Waals surface area (Å²) in [6.45, 7) is 2.89. The third-order valence-corrected chi connectivity index (χ3v) is 3.83. The zero-order valence-electron chi connectivity index (χ0n) is 9.05. The third kappa shape index (κ3) is 3.27. The van der Waals surface area contributed by atoms with Crippen molar-refractivity contribution in [2.45, 2.75) is 19.1 Å². The second-order valence-corrected chi connectivity index (χ2v) is 6.08. The Bertz CT molecular complexity index is 544. The number of rotatable bonds is 4. The molecule has 0 atom stereocenters. The molecule has 0 spiro atoms. The summed E-state index contributed by atoms with van der Waals surface area (Å²) in [7, 11) is -3.70. The molecule has 0 bridgehead atoms. The fourth-order valence-electron chi connectivity index (χ4n) is 0.903. The van der Waals surface area contributed by atoms with Crippen LogP contribution in [0.5, 0.6) is 0 Å². The summed E-state index contributed by atoms with van der Waals surface area (Å²) >= 11 is 5.56. The van der Waals surface area contributed by atoms with Crippen molar-refractivity contribution in [3.05, 3.63) is 27.4 Å². The van der Waals surface area contributed by atoms with Crippen LogP contribution in [0.1, 0.15) is 13.8 Å². The normalized spacial score (nSPS) is 11.5. The lowest BCUT2D eigenvalue weighted by molar-refractivity contribution is -0.384. The molecule has 17 heavy (non-hydrogen) atoms. The number of nitro groups is 1. The van der Waals surface area contributed by atoms with Crippen LogP contribution in [0.15, 0.2) is 12.1 Å². The van der Waals surface area contributed by atoms with Crippen LogP contribution in [0.4, 0.5) is 11.5 Å². The Balaban J connectivity index is 3.22. The van der Waals surface area contributed by atoms with Gasteiger partial charge in [0.05, 0.1) is 10.2 Å². The molecule has 0 saturated heterocycles. The van der Waals surface area contributed by atoms with Crippen molar-refractivity contribution in [2.75, 3.05) is 4.72 Å². The molecular weight excluding hydrogens is 270 g/mol. The maximum atomic E-state index is 11.6. The van der Waals surface area contributed by atoms with Gasteiger partial charge in [-0.1, -0.05) is 11.6 Å². The molecule has 0 aliphatic heterocycles. The van der Waals surface area contributed by atoms with Crippen LogP contribution >= 0.6 is 11.6 Å². The van der Waals surface area contributed by atoms with Gasteiger partial charge in [-0.3, -0.25) is 14.8 Å². The molecule has 1 aromatic heterocycles. The number of hydrogen-bond acceptors (Lipinski definition) is 5. The van der Waals surface area contributed by atoms with E-state index in [0.717, 1.165) is 6.07 Å². The number of hydrogen-bond donors (Lipinski definition) is 1. The first-order chi connectivity index (χ1) is 7.74. The van der Waals surface area contributed by atoms with Crippen LogP contribution in [-0.2, 0) is 10.0 Å². The first kappa shape index (κ1) is 13.7. The Kier molecular flexibility index (Phi) is 3.89. The van der Waals surface area contributed by atoms with E-state index in [1.165, 1.54) is 19.9 Å². The summed E-state index contributed by atoms with van der Waals surface area (Å²) in [6, 6.07) is 2.31. The molecule has 0 fully saturated rings. The third-order valence-electron chi connectivity index (χ3n) is 1.90.